The standard InChI is InChI=1S/C14H11FN4O2/c1-8-3-5-10(6-4-8)21-13-11-12(17-14(15)18-13)16-7-19(11)9(2)20/h3-7H,1-2H3. The third kappa shape index (κ3) is 2.45. The first kappa shape index (κ1) is 13.2. The molecule has 0 atom stereocenters. The van der Waals surface area contributed by atoms with Crippen LogP contribution in [0.3, 0.4) is 0 Å². The second-order valence-corrected chi connectivity index (χ2v) is 4.52. The molecule has 0 radical (unpaired) electrons. The third-order valence-electron chi connectivity index (χ3n) is 2.92. The summed E-state index contributed by atoms with van der Waals surface area (Å²) in [6.45, 7) is 3.30. The van der Waals surface area contributed by atoms with Crippen molar-refractivity contribution < 1.29 is 13.9 Å². The van der Waals surface area contributed by atoms with Gasteiger partial charge in [0.1, 0.15) is 12.1 Å². The number of aryl methyl sites for hydroxylation is 1. The van der Waals surface area contributed by atoms with Gasteiger partial charge in [0.2, 0.25) is 5.91 Å². The van der Waals surface area contributed by atoms with Crippen molar-refractivity contribution in [3.8, 4) is 11.6 Å². The highest BCUT2D eigenvalue weighted by atomic mass is 19.1. The summed E-state index contributed by atoms with van der Waals surface area (Å²) >= 11 is 0. The molecular formula is C14H11FN4O2. The number of aromatic nitrogens is 4. The topological polar surface area (TPSA) is 69.9 Å². The van der Waals surface area contributed by atoms with Crippen LogP contribution in [0.4, 0.5) is 4.39 Å². The summed E-state index contributed by atoms with van der Waals surface area (Å²) < 4.78 is 20.2. The molecule has 0 fully saturated rings. The molecule has 0 bridgehead atoms. The number of hydrogen-bond donors (Lipinski definition) is 0. The number of benzene rings is 1. The first-order valence-electron chi connectivity index (χ1n) is 6.20. The van der Waals surface area contributed by atoms with Gasteiger partial charge in [-0.2, -0.15) is 14.4 Å². The first-order valence-corrected chi connectivity index (χ1v) is 6.20. The second-order valence-electron chi connectivity index (χ2n) is 4.52. The van der Waals surface area contributed by atoms with E-state index in [0.717, 1.165) is 5.56 Å². The minimum Gasteiger partial charge on any atom is -0.437 e. The zero-order valence-electron chi connectivity index (χ0n) is 11.4. The third-order valence-corrected chi connectivity index (χ3v) is 2.92. The van der Waals surface area contributed by atoms with Crippen molar-refractivity contribution in [3.63, 3.8) is 0 Å². The summed E-state index contributed by atoms with van der Waals surface area (Å²) in [6, 6.07) is 7.17. The maximum Gasteiger partial charge on any atom is 0.314 e. The van der Waals surface area contributed by atoms with Crippen LogP contribution in [0.5, 0.6) is 11.6 Å². The quantitative estimate of drug-likeness (QED) is 0.677. The zero-order chi connectivity index (χ0) is 15.0. The van der Waals surface area contributed by atoms with Gasteiger partial charge in [0.15, 0.2) is 11.2 Å². The summed E-state index contributed by atoms with van der Waals surface area (Å²) in [6.07, 6.45) is 0.307. The van der Waals surface area contributed by atoms with E-state index in [1.807, 2.05) is 19.1 Å². The molecule has 0 aliphatic heterocycles. The van der Waals surface area contributed by atoms with E-state index in [1.165, 1.54) is 17.8 Å². The van der Waals surface area contributed by atoms with Crippen LogP contribution in [0.2, 0.25) is 0 Å². The highest BCUT2D eigenvalue weighted by Gasteiger charge is 2.17. The Labute approximate surface area is 119 Å². The van der Waals surface area contributed by atoms with E-state index in [0.29, 0.717) is 5.75 Å². The normalized spacial score (nSPS) is 10.8. The molecule has 0 N–H and O–H groups in total. The Morgan fingerprint density at radius 3 is 2.62 bits per heavy atom. The molecule has 2 aromatic heterocycles. The number of halogens is 1. The summed E-state index contributed by atoms with van der Waals surface area (Å²) in [4.78, 5) is 22.6. The van der Waals surface area contributed by atoms with Gasteiger partial charge in [0, 0.05) is 6.92 Å². The molecule has 0 aliphatic carbocycles. The van der Waals surface area contributed by atoms with E-state index in [1.54, 1.807) is 12.1 Å². The highest BCUT2D eigenvalue weighted by molar-refractivity contribution is 5.89. The lowest BCUT2D eigenvalue weighted by molar-refractivity contribution is 0.0940. The van der Waals surface area contributed by atoms with Gasteiger partial charge in [-0.3, -0.25) is 9.36 Å². The first-order chi connectivity index (χ1) is 10.0. The van der Waals surface area contributed by atoms with E-state index < -0.39 is 6.08 Å². The molecule has 3 rings (SSSR count). The van der Waals surface area contributed by atoms with Crippen molar-refractivity contribution in [2.75, 3.05) is 0 Å². The number of ether oxygens (including phenoxy) is 1. The van der Waals surface area contributed by atoms with Gasteiger partial charge in [-0.15, -0.1) is 0 Å². The van der Waals surface area contributed by atoms with Crippen LogP contribution in [0.1, 0.15) is 17.3 Å². The van der Waals surface area contributed by atoms with Crippen LogP contribution in [0, 0.1) is 13.0 Å². The van der Waals surface area contributed by atoms with Crippen molar-refractivity contribution in [2.24, 2.45) is 0 Å². The molecule has 106 valence electrons. The largest absolute Gasteiger partial charge is 0.437 e. The summed E-state index contributed by atoms with van der Waals surface area (Å²) in [5.41, 5.74) is 1.37. The summed E-state index contributed by atoms with van der Waals surface area (Å²) in [5.74, 6) is 0.145. The fraction of sp³-hybridized carbons (Fsp3) is 0.143. The van der Waals surface area contributed by atoms with Crippen molar-refractivity contribution >= 4 is 17.1 Å². The Balaban J connectivity index is 2.13. The van der Waals surface area contributed by atoms with Crippen LogP contribution >= 0.6 is 0 Å². The van der Waals surface area contributed by atoms with Crippen molar-refractivity contribution in [1.82, 2.24) is 19.5 Å². The Morgan fingerprint density at radius 1 is 1.24 bits per heavy atom. The second kappa shape index (κ2) is 4.93. The molecule has 0 amide bonds. The lowest BCUT2D eigenvalue weighted by Crippen LogP contribution is -2.06. The van der Waals surface area contributed by atoms with Crippen LogP contribution in [0.15, 0.2) is 30.6 Å². The molecule has 0 saturated carbocycles. The number of nitrogens with zero attached hydrogens (tertiary/aromatic N) is 4. The predicted octanol–water partition coefficient (Wildman–Crippen LogP) is 2.73. The van der Waals surface area contributed by atoms with Crippen LogP contribution in [-0.4, -0.2) is 25.4 Å². The van der Waals surface area contributed by atoms with E-state index in [4.69, 9.17) is 4.74 Å². The number of carbonyl (C=O) groups excluding carboxylic acids is 1. The minimum absolute atomic E-state index is 0.0472. The Morgan fingerprint density at radius 2 is 1.95 bits per heavy atom. The molecule has 0 saturated heterocycles. The number of fused-ring (bicyclic) bond motifs is 1. The summed E-state index contributed by atoms with van der Waals surface area (Å²) in [7, 11) is 0. The number of hydrogen-bond acceptors (Lipinski definition) is 5. The monoisotopic (exact) mass is 286 g/mol. The van der Waals surface area contributed by atoms with Crippen molar-refractivity contribution in [3.05, 3.63) is 42.2 Å². The fourth-order valence-corrected chi connectivity index (χ4v) is 1.90. The highest BCUT2D eigenvalue weighted by Crippen LogP contribution is 2.27. The minimum atomic E-state index is -0.960. The lowest BCUT2D eigenvalue weighted by Gasteiger charge is -2.07. The van der Waals surface area contributed by atoms with Crippen LogP contribution < -0.4 is 4.74 Å². The Bertz CT molecular complexity index is 827. The van der Waals surface area contributed by atoms with Gasteiger partial charge in [-0.1, -0.05) is 17.7 Å². The number of carbonyl (C=O) groups is 1. The van der Waals surface area contributed by atoms with Gasteiger partial charge >= 0.3 is 6.08 Å². The molecule has 21 heavy (non-hydrogen) atoms. The number of imidazole rings is 1. The van der Waals surface area contributed by atoms with E-state index in [2.05, 4.69) is 15.0 Å². The molecule has 1 aromatic carbocycles. The maximum atomic E-state index is 13.4. The molecule has 7 heteroatoms. The summed E-state index contributed by atoms with van der Waals surface area (Å²) in [5, 5.41) is 0. The van der Waals surface area contributed by atoms with Gasteiger partial charge in [0.05, 0.1) is 0 Å². The van der Waals surface area contributed by atoms with Crippen LogP contribution in [-0.2, 0) is 0 Å². The van der Waals surface area contributed by atoms with Gasteiger partial charge in [0.25, 0.3) is 5.88 Å². The van der Waals surface area contributed by atoms with Gasteiger partial charge < -0.3 is 4.74 Å². The molecular weight excluding hydrogens is 275 g/mol. The Hall–Kier alpha value is -2.83. The Kier molecular flexibility index (Phi) is 3.09. The van der Waals surface area contributed by atoms with Crippen molar-refractivity contribution in [2.45, 2.75) is 13.8 Å². The molecule has 0 aliphatic rings. The zero-order valence-corrected chi connectivity index (χ0v) is 11.4. The average Bonchev–Trinajstić information content (AvgIpc) is 2.85. The molecule has 0 unspecified atom stereocenters. The van der Waals surface area contributed by atoms with E-state index in [-0.39, 0.29) is 23.0 Å². The predicted molar refractivity (Wildman–Crippen MR) is 72.8 cm³/mol. The fourth-order valence-electron chi connectivity index (χ4n) is 1.90. The average molecular weight is 286 g/mol. The molecule has 0 spiro atoms. The van der Waals surface area contributed by atoms with E-state index in [9.17, 15) is 9.18 Å². The molecule has 2 heterocycles. The SMILES string of the molecule is CC(=O)n1cnc2nc(F)nc(Oc3ccc(C)cc3)c21. The lowest BCUT2D eigenvalue weighted by atomic mass is 10.2. The van der Waals surface area contributed by atoms with Crippen molar-refractivity contribution in [1.29, 1.82) is 0 Å². The molecule has 3 aromatic rings. The smallest absolute Gasteiger partial charge is 0.314 e. The maximum absolute atomic E-state index is 13.4. The van der Waals surface area contributed by atoms with Gasteiger partial charge in [-0.05, 0) is 19.1 Å². The number of rotatable bonds is 2. The molecule has 6 nitrogen and oxygen atoms in total. The van der Waals surface area contributed by atoms with E-state index >= 15 is 0 Å². The van der Waals surface area contributed by atoms with Gasteiger partial charge in [-0.25, -0.2) is 4.98 Å². The van der Waals surface area contributed by atoms with Crippen LogP contribution in [0.25, 0.3) is 11.2 Å².